The molecule has 0 aliphatic rings. The summed E-state index contributed by atoms with van der Waals surface area (Å²) < 4.78 is 61.7. The number of hydrogen-bond donors (Lipinski definition) is 4. The number of carboxylic acids is 1. The zero-order valence-electron chi connectivity index (χ0n) is 69.1. The Kier molecular flexibility index (Phi) is 48.6. The number of aliphatic carboxylic acids is 1. The second-order valence-corrected chi connectivity index (χ2v) is 44.6. The van der Waals surface area contributed by atoms with Gasteiger partial charge >= 0.3 is 17.9 Å². The van der Waals surface area contributed by atoms with Crippen molar-refractivity contribution in [2.45, 2.75) is 124 Å². The molecule has 5 unspecified atom stereocenters. The van der Waals surface area contributed by atoms with Crippen LogP contribution in [0.15, 0.2) is 272 Å². The van der Waals surface area contributed by atoms with Crippen LogP contribution in [0.1, 0.15) is 149 Å². The van der Waals surface area contributed by atoms with Crippen molar-refractivity contribution in [2.75, 3.05) is 24.7 Å². The Balaban J connectivity index is 0.000000267. The molecule has 5 atom stereocenters. The summed E-state index contributed by atoms with van der Waals surface area (Å²) in [6, 6.07) is 51.1. The number of hydrogen-bond acceptors (Lipinski definition) is 23. The first kappa shape index (κ1) is 109. The van der Waals surface area contributed by atoms with Crippen LogP contribution in [0.25, 0.3) is 0 Å². The molecular weight excluding hydrogens is 2210 g/mol. The molecule has 666 valence electrons. The molecule has 0 fully saturated rings. The van der Waals surface area contributed by atoms with Crippen LogP contribution in [0.4, 0.5) is 0 Å². The minimum atomic E-state index is -1.43. The number of esters is 2. The highest BCUT2D eigenvalue weighted by atomic mass is 79.9. The number of ether oxygens (including phenoxy) is 2. The number of halogens is 8. The first-order valence-corrected chi connectivity index (χ1v) is 51.7. The quantitative estimate of drug-likeness (QED) is 0.0103. The molecule has 0 saturated carbocycles. The predicted molar refractivity (Wildman–Crippen MR) is 533 cm³/mol. The maximum Gasteiger partial charge on any atom is 0.313 e. The molecule has 12 rings (SSSR count). The van der Waals surface area contributed by atoms with Gasteiger partial charge in [0.2, 0.25) is 11.7 Å². The molecule has 0 aliphatic carbocycles. The second-order valence-electron chi connectivity index (χ2n) is 28.1. The Labute approximate surface area is 820 Å². The van der Waals surface area contributed by atoms with Gasteiger partial charge < -0.3 is 24.3 Å². The van der Waals surface area contributed by atoms with Crippen molar-refractivity contribution >= 4 is 262 Å². The highest BCUT2D eigenvalue weighted by Crippen LogP contribution is 2.39. The molecule has 0 bridgehead atoms. The fraction of sp³-hybridized carbons (Fsp3) is 0.256. The Bertz CT molecular complexity index is 5470. The van der Waals surface area contributed by atoms with Gasteiger partial charge in [-0.25, -0.2) is 42.3 Å². The number of carbonyl (C=O) groups excluding carboxylic acids is 5. The number of aromatic nitrogens is 5. The van der Waals surface area contributed by atoms with Crippen LogP contribution in [0.3, 0.4) is 0 Å². The zero-order valence-corrected chi connectivity index (χ0v) is 87.4. The Hall–Kier alpha value is -6.31. The molecular formula is C86H89Br6Cl2N9O13S9. The SMILES string of the molecule is Brc1cccc(Br)n1.CC(C)(C)S(=O)N=C(c1ccsc1)c1cccc(Br)n1.CC(C)(C)S(N)=O.CCOC(=O)CC(NC(=O)CSc1ccccc1Cl)(c1ccsc1)c1cccc(Br)n1.CCOC(=O)CC(NS(=O)C(C)(C)C)(c1ccsc1)c1cccc(Br)n1.O=C(O)CSc1ccccc1Cl.O=C(c1ccoc1)c1cccc(Br)n1.O=Cc1ccsc1. The van der Waals surface area contributed by atoms with E-state index in [1.165, 1.54) is 70.1 Å². The van der Waals surface area contributed by atoms with Crippen molar-refractivity contribution in [3.63, 3.8) is 0 Å². The van der Waals surface area contributed by atoms with Crippen molar-refractivity contribution in [3.05, 3.63) is 314 Å². The molecule has 2 aromatic carbocycles. The molecule has 12 aromatic rings. The Morgan fingerprint density at radius 1 is 0.520 bits per heavy atom. The molecule has 0 aliphatic heterocycles. The number of rotatable bonds is 25. The normalized spacial score (nSPS) is 12.7. The van der Waals surface area contributed by atoms with Crippen LogP contribution in [0.5, 0.6) is 0 Å². The molecule has 22 nitrogen and oxygen atoms in total. The molecule has 39 heteroatoms. The summed E-state index contributed by atoms with van der Waals surface area (Å²) in [4.78, 5) is 93.2. The number of aldehydes is 1. The molecule has 0 radical (unpaired) electrons. The van der Waals surface area contributed by atoms with Gasteiger partial charge in [0, 0.05) is 31.7 Å². The Morgan fingerprint density at radius 2 is 0.952 bits per heavy atom. The summed E-state index contributed by atoms with van der Waals surface area (Å²) >= 11 is 40.5. The smallest absolute Gasteiger partial charge is 0.313 e. The maximum absolute atomic E-state index is 13.1. The van der Waals surface area contributed by atoms with Gasteiger partial charge in [0.1, 0.15) is 67.4 Å². The predicted octanol–water partition coefficient (Wildman–Crippen LogP) is 23.8. The molecule has 1 amide bonds. The monoisotopic (exact) mass is 2290 g/mol. The number of benzene rings is 2. The minimum absolute atomic E-state index is 0.0111. The molecule has 10 aromatic heterocycles. The third kappa shape index (κ3) is 39.1. The number of nitrogens with two attached hydrogens (primary N) is 1. The van der Waals surface area contributed by atoms with E-state index in [2.05, 4.69) is 135 Å². The number of nitrogens with zero attached hydrogens (tertiary/aromatic N) is 6. The summed E-state index contributed by atoms with van der Waals surface area (Å²) in [7, 11) is -3.93. The molecule has 125 heavy (non-hydrogen) atoms. The number of thiophene rings is 4. The Morgan fingerprint density at radius 3 is 1.34 bits per heavy atom. The third-order valence-electron chi connectivity index (χ3n) is 15.5. The number of pyridine rings is 5. The number of furan rings is 1. The van der Waals surface area contributed by atoms with Gasteiger partial charge in [-0.1, -0.05) is 77.8 Å². The van der Waals surface area contributed by atoms with E-state index in [0.29, 0.717) is 52.2 Å². The fourth-order valence-corrected chi connectivity index (χ4v) is 17.9. The number of carboxylic acid groups (broad SMARTS) is 1. The molecule has 0 saturated heterocycles. The van der Waals surface area contributed by atoms with Gasteiger partial charge in [-0.15, -0.1) is 23.5 Å². The number of carbonyl (C=O) groups is 6. The summed E-state index contributed by atoms with van der Waals surface area (Å²) in [6.45, 7) is 20.9. The highest BCUT2D eigenvalue weighted by Gasteiger charge is 2.44. The summed E-state index contributed by atoms with van der Waals surface area (Å²) in [5.74, 6) is -1.84. The van der Waals surface area contributed by atoms with Crippen molar-refractivity contribution < 1.29 is 60.4 Å². The van der Waals surface area contributed by atoms with Gasteiger partial charge in [-0.3, -0.25) is 33.9 Å². The fourth-order valence-electron chi connectivity index (χ4n) is 9.37. The number of ketones is 1. The van der Waals surface area contributed by atoms with Gasteiger partial charge in [-0.05, 0) is 330 Å². The number of nitrogens with one attached hydrogen (secondary N) is 2. The number of amides is 1. The largest absolute Gasteiger partial charge is 0.481 e. The highest BCUT2D eigenvalue weighted by molar-refractivity contribution is 9.11. The maximum atomic E-state index is 13.1. The van der Waals surface area contributed by atoms with E-state index in [-0.39, 0.29) is 60.0 Å². The lowest BCUT2D eigenvalue weighted by atomic mass is 9.84. The molecule has 10 heterocycles. The van der Waals surface area contributed by atoms with Crippen LogP contribution < -0.4 is 15.2 Å². The van der Waals surface area contributed by atoms with Gasteiger partial charge in [-0.2, -0.15) is 49.7 Å². The summed E-state index contributed by atoms with van der Waals surface area (Å²) in [5, 5.41) is 33.0. The zero-order chi connectivity index (χ0) is 92.5. The van der Waals surface area contributed by atoms with Crippen LogP contribution in [-0.2, 0) is 72.7 Å². The lowest BCUT2D eigenvalue weighted by Gasteiger charge is -2.35. The van der Waals surface area contributed by atoms with Crippen molar-refractivity contribution in [1.29, 1.82) is 0 Å². The van der Waals surface area contributed by atoms with Crippen molar-refractivity contribution in [3.8, 4) is 0 Å². The van der Waals surface area contributed by atoms with E-state index in [1.54, 1.807) is 85.8 Å². The first-order chi connectivity index (χ1) is 59.1. The van der Waals surface area contributed by atoms with E-state index >= 15 is 0 Å². The van der Waals surface area contributed by atoms with Crippen molar-refractivity contribution in [1.82, 2.24) is 35.0 Å². The lowest BCUT2D eigenvalue weighted by Crippen LogP contribution is -2.50. The van der Waals surface area contributed by atoms with E-state index in [1.807, 2.05) is 215 Å². The molecule has 0 spiro atoms. The summed E-state index contributed by atoms with van der Waals surface area (Å²) in [5.41, 5.74) is 4.56. The van der Waals surface area contributed by atoms with Crippen LogP contribution >= 0.6 is 188 Å². The van der Waals surface area contributed by atoms with Gasteiger partial charge in [0.15, 0.2) is 6.29 Å². The van der Waals surface area contributed by atoms with E-state index in [9.17, 15) is 41.4 Å². The van der Waals surface area contributed by atoms with Crippen LogP contribution in [0, 0.1) is 0 Å². The standard InChI is InChI=1S/C22H20BrClN2O3S2.C18H23BrN2O3S2.C14H15BrN2OS2.C10H6BrNO2.C8H7ClO2S.C5H3Br2N.C5H4OS.C4H11NOS/c1-2-29-21(28)12-22(15-10-11-30-13-15,18-8-5-9-19(23)25-18)26-20(27)14-31-17-7-4-3-6-16(17)24;1-5-24-16(22)11-18(13-9-10-25-12-13,21-26(23)17(2,3)4)14-7-6-8-15(19)20-14;1-14(2,3)20(18)17-13(10-7-8-19-9-10)11-5-4-6-12(15)16-11;11-9-3-1-2-8(12-9)10(13)7-4-5-14-6-7;9-6-3-1-2-4-7(6)12-5-8(10)11;6-4-2-1-3-5(7)8-4;6-3-5-1-2-7-4-5;1-4(2,3)7(5)6/h3-11,13H,2,12,14H2,1H3,(H,26,27);6-10,12,21H,5,11H2,1-4H3;4-9H,1-3H3;1-6H;1-4H,5H2,(H,10,11);1-3H;1-4H;5H2,1-3H3. The van der Waals surface area contributed by atoms with E-state index in [0.717, 1.165) is 57.8 Å². The first-order valence-electron chi connectivity index (χ1n) is 37.0. The molecule has 5 N–H and O–H groups in total. The van der Waals surface area contributed by atoms with Crippen LogP contribution in [0.2, 0.25) is 10.0 Å². The number of thioether (sulfide) groups is 2. The third-order valence-corrected chi connectivity index (χ3v) is 28.1. The van der Waals surface area contributed by atoms with Crippen molar-refractivity contribution in [2.24, 2.45) is 9.54 Å². The van der Waals surface area contributed by atoms with Crippen LogP contribution in [-0.4, -0.2) is 123 Å². The topological polar surface area (TPSA) is 332 Å². The average Bonchev–Trinajstić information content (AvgIpc) is 1.32. The van der Waals surface area contributed by atoms with Gasteiger partial charge in [0.05, 0.1) is 113 Å². The summed E-state index contributed by atoms with van der Waals surface area (Å²) in [6.07, 6.45) is 3.62. The minimum Gasteiger partial charge on any atom is -0.481 e. The van der Waals surface area contributed by atoms with E-state index in [4.69, 9.17) is 47.3 Å². The second kappa shape index (κ2) is 55.7. The average molecular weight is 2300 g/mol. The van der Waals surface area contributed by atoms with E-state index < -0.39 is 65.5 Å². The lowest BCUT2D eigenvalue weighted by molar-refractivity contribution is -0.145. The van der Waals surface area contributed by atoms with Gasteiger partial charge in [0.25, 0.3) is 0 Å².